The van der Waals surface area contributed by atoms with Crippen molar-refractivity contribution in [3.8, 4) is 0 Å². The predicted octanol–water partition coefficient (Wildman–Crippen LogP) is 2.24. The quantitative estimate of drug-likeness (QED) is 0.749. The number of rotatable bonds is 2. The van der Waals surface area contributed by atoms with Gasteiger partial charge in [-0.3, -0.25) is 4.79 Å². The Labute approximate surface area is 116 Å². The molecule has 3 fully saturated rings. The molecule has 3 rings (SSSR count). The second-order valence-corrected chi connectivity index (χ2v) is 7.65. The van der Waals surface area contributed by atoms with Gasteiger partial charge < -0.3 is 10.6 Å². The molecule has 0 aromatic heterocycles. The van der Waals surface area contributed by atoms with E-state index >= 15 is 0 Å². The second kappa shape index (κ2) is 4.08. The Morgan fingerprint density at radius 3 is 2.47 bits per heavy atom. The van der Waals surface area contributed by atoms with Crippen LogP contribution in [0.3, 0.4) is 0 Å². The molecule has 0 aromatic rings. The van der Waals surface area contributed by atoms with Gasteiger partial charge in [0, 0.05) is 24.7 Å². The minimum atomic E-state index is 0.156. The van der Waals surface area contributed by atoms with Gasteiger partial charge in [0.2, 0.25) is 5.91 Å². The smallest absolute Gasteiger partial charge is 0.247 e. The summed E-state index contributed by atoms with van der Waals surface area (Å²) < 4.78 is 0. The molecule has 0 aromatic carbocycles. The third-order valence-corrected chi connectivity index (χ3v) is 6.09. The van der Waals surface area contributed by atoms with Crippen LogP contribution in [-0.4, -0.2) is 25.0 Å². The van der Waals surface area contributed by atoms with E-state index in [1.807, 2.05) is 6.92 Å². The van der Waals surface area contributed by atoms with Crippen LogP contribution in [-0.2, 0) is 4.79 Å². The Bertz CT molecular complexity index is 441. The van der Waals surface area contributed by atoms with Crippen LogP contribution in [0.5, 0.6) is 0 Å². The first-order valence-corrected chi connectivity index (χ1v) is 7.55. The molecule has 3 nitrogen and oxygen atoms in total. The molecule has 3 unspecified atom stereocenters. The number of hydrogen-bond acceptors (Lipinski definition) is 2. The van der Waals surface area contributed by atoms with Gasteiger partial charge in [0.25, 0.3) is 0 Å². The number of hydrogen-bond donors (Lipinski definition) is 2. The first-order valence-electron chi connectivity index (χ1n) is 7.55. The van der Waals surface area contributed by atoms with Crippen molar-refractivity contribution in [2.75, 3.05) is 13.1 Å². The maximum atomic E-state index is 12.4. The standard InChI is InChI=1S/C16H26N2O/c1-10(11-8-17-9-11)13(19)18-14-15(2,3)12-5-6-16(14,4)7-12/h12,14,17H,5-9H2,1-4H3,(H,18,19). The molecule has 0 radical (unpaired) electrons. The molecule has 19 heavy (non-hydrogen) atoms. The fourth-order valence-electron chi connectivity index (χ4n) is 4.58. The SMILES string of the molecule is CC(C(=O)NC1C2(C)CCC(C2)C1(C)C)=C1CNC1. The summed E-state index contributed by atoms with van der Waals surface area (Å²) in [6, 6.07) is 0.329. The van der Waals surface area contributed by atoms with Crippen LogP contribution in [0.25, 0.3) is 0 Å². The van der Waals surface area contributed by atoms with Gasteiger partial charge in [0.1, 0.15) is 0 Å². The van der Waals surface area contributed by atoms with Crippen LogP contribution in [0.2, 0.25) is 0 Å². The fraction of sp³-hybridized carbons (Fsp3) is 0.812. The van der Waals surface area contributed by atoms with Gasteiger partial charge in [0.05, 0.1) is 0 Å². The van der Waals surface area contributed by atoms with Crippen molar-refractivity contribution in [1.82, 2.24) is 10.6 Å². The molecule has 106 valence electrons. The molecular weight excluding hydrogens is 236 g/mol. The molecule has 3 atom stereocenters. The van der Waals surface area contributed by atoms with E-state index in [4.69, 9.17) is 0 Å². The summed E-state index contributed by atoms with van der Waals surface area (Å²) in [5.41, 5.74) is 2.75. The molecule has 1 heterocycles. The molecule has 2 bridgehead atoms. The van der Waals surface area contributed by atoms with E-state index in [-0.39, 0.29) is 11.3 Å². The van der Waals surface area contributed by atoms with Gasteiger partial charge in [-0.25, -0.2) is 0 Å². The lowest BCUT2D eigenvalue weighted by Crippen LogP contribution is -2.53. The largest absolute Gasteiger partial charge is 0.348 e. The lowest BCUT2D eigenvalue weighted by Gasteiger charge is -2.43. The highest BCUT2D eigenvalue weighted by molar-refractivity contribution is 5.94. The summed E-state index contributed by atoms with van der Waals surface area (Å²) in [5.74, 6) is 0.935. The molecule has 1 saturated heterocycles. The summed E-state index contributed by atoms with van der Waals surface area (Å²) in [6.07, 6.45) is 3.88. The van der Waals surface area contributed by atoms with Crippen LogP contribution in [0.15, 0.2) is 11.1 Å². The van der Waals surface area contributed by atoms with Gasteiger partial charge in [-0.15, -0.1) is 0 Å². The van der Waals surface area contributed by atoms with Crippen molar-refractivity contribution in [3.05, 3.63) is 11.1 Å². The molecule has 2 N–H and O–H groups in total. The van der Waals surface area contributed by atoms with Crippen LogP contribution in [0.1, 0.15) is 47.0 Å². The fourth-order valence-corrected chi connectivity index (χ4v) is 4.58. The zero-order chi connectivity index (χ0) is 13.8. The predicted molar refractivity (Wildman–Crippen MR) is 76.7 cm³/mol. The van der Waals surface area contributed by atoms with Crippen molar-refractivity contribution in [1.29, 1.82) is 0 Å². The highest BCUT2D eigenvalue weighted by Crippen LogP contribution is 2.62. The van der Waals surface area contributed by atoms with E-state index in [2.05, 4.69) is 31.4 Å². The van der Waals surface area contributed by atoms with Crippen molar-refractivity contribution >= 4 is 5.91 Å². The number of carbonyl (C=O) groups is 1. The molecule has 3 heteroatoms. The van der Waals surface area contributed by atoms with Crippen LogP contribution in [0.4, 0.5) is 0 Å². The van der Waals surface area contributed by atoms with E-state index in [9.17, 15) is 4.79 Å². The van der Waals surface area contributed by atoms with Crippen molar-refractivity contribution in [2.24, 2.45) is 16.7 Å². The Kier molecular flexibility index (Phi) is 2.83. The lowest BCUT2D eigenvalue weighted by molar-refractivity contribution is -0.120. The summed E-state index contributed by atoms with van der Waals surface area (Å²) in [4.78, 5) is 12.4. The Balaban J connectivity index is 1.78. The van der Waals surface area contributed by atoms with Crippen LogP contribution >= 0.6 is 0 Å². The Morgan fingerprint density at radius 1 is 1.32 bits per heavy atom. The zero-order valence-corrected chi connectivity index (χ0v) is 12.6. The number of amides is 1. The summed E-state index contributed by atoms with van der Waals surface area (Å²) in [6.45, 7) is 10.8. The first-order chi connectivity index (χ1) is 8.84. The van der Waals surface area contributed by atoms with Gasteiger partial charge >= 0.3 is 0 Å². The van der Waals surface area contributed by atoms with Crippen LogP contribution in [0, 0.1) is 16.7 Å². The Morgan fingerprint density at radius 2 is 2.00 bits per heavy atom. The third-order valence-electron chi connectivity index (χ3n) is 6.09. The van der Waals surface area contributed by atoms with Crippen molar-refractivity contribution < 1.29 is 4.79 Å². The maximum absolute atomic E-state index is 12.4. The number of carbonyl (C=O) groups excluding carboxylic acids is 1. The molecular formula is C16H26N2O. The molecule has 1 amide bonds. The van der Waals surface area contributed by atoms with E-state index in [1.54, 1.807) is 0 Å². The topological polar surface area (TPSA) is 41.1 Å². The van der Waals surface area contributed by atoms with Crippen molar-refractivity contribution in [3.63, 3.8) is 0 Å². The van der Waals surface area contributed by atoms with E-state index < -0.39 is 0 Å². The second-order valence-electron chi connectivity index (χ2n) is 7.65. The average molecular weight is 262 g/mol. The monoisotopic (exact) mass is 262 g/mol. The van der Waals surface area contributed by atoms with Crippen LogP contribution < -0.4 is 10.6 Å². The van der Waals surface area contributed by atoms with E-state index in [0.29, 0.717) is 11.5 Å². The molecule has 0 spiro atoms. The average Bonchev–Trinajstić information content (AvgIpc) is 2.73. The zero-order valence-electron chi connectivity index (χ0n) is 12.6. The summed E-state index contributed by atoms with van der Waals surface area (Å²) >= 11 is 0. The number of fused-ring (bicyclic) bond motifs is 2. The molecule has 2 saturated carbocycles. The van der Waals surface area contributed by atoms with Gasteiger partial charge in [-0.1, -0.05) is 20.8 Å². The highest BCUT2D eigenvalue weighted by Gasteiger charge is 2.59. The van der Waals surface area contributed by atoms with Crippen molar-refractivity contribution in [2.45, 2.75) is 53.0 Å². The summed E-state index contributed by atoms with van der Waals surface area (Å²) in [7, 11) is 0. The minimum absolute atomic E-state index is 0.156. The molecule has 1 aliphatic heterocycles. The minimum Gasteiger partial charge on any atom is -0.348 e. The maximum Gasteiger partial charge on any atom is 0.247 e. The van der Waals surface area contributed by atoms with Gasteiger partial charge in [-0.05, 0) is 48.5 Å². The highest BCUT2D eigenvalue weighted by atomic mass is 16.1. The molecule has 2 aliphatic carbocycles. The van der Waals surface area contributed by atoms with E-state index in [0.717, 1.165) is 24.6 Å². The summed E-state index contributed by atoms with van der Waals surface area (Å²) in [5, 5.41) is 6.57. The third kappa shape index (κ3) is 1.85. The Hall–Kier alpha value is -0.830. The normalized spacial score (nSPS) is 39.1. The number of nitrogens with one attached hydrogen (secondary N) is 2. The molecule has 3 aliphatic rings. The van der Waals surface area contributed by atoms with Gasteiger partial charge in [0.15, 0.2) is 0 Å². The van der Waals surface area contributed by atoms with Gasteiger partial charge in [-0.2, -0.15) is 0 Å². The van der Waals surface area contributed by atoms with E-state index in [1.165, 1.54) is 24.8 Å². The lowest BCUT2D eigenvalue weighted by atomic mass is 9.68. The first kappa shape index (κ1) is 13.2.